The SMILES string of the molecule is CC(=O)N1C[C@H]2CN(C(=O)Nc3c(C)cc(C)cc3C)C[C@H]2[C@@H]1c1ccccc1. The Kier molecular flexibility index (Phi) is 5.07. The Bertz CT molecular complexity index is 917. The number of fused-ring (bicyclic) bond motifs is 1. The molecular formula is C24H29N3O2. The third-order valence-electron chi connectivity index (χ3n) is 6.41. The summed E-state index contributed by atoms with van der Waals surface area (Å²) in [6.07, 6.45) is 0. The van der Waals surface area contributed by atoms with Crippen LogP contribution in [0.5, 0.6) is 0 Å². The van der Waals surface area contributed by atoms with E-state index in [9.17, 15) is 9.59 Å². The van der Waals surface area contributed by atoms with E-state index in [-0.39, 0.29) is 23.9 Å². The van der Waals surface area contributed by atoms with Crippen molar-refractivity contribution in [3.05, 3.63) is 64.7 Å². The van der Waals surface area contributed by atoms with Crippen LogP contribution in [0.4, 0.5) is 10.5 Å². The molecule has 152 valence electrons. The molecule has 2 saturated heterocycles. The van der Waals surface area contributed by atoms with Crippen LogP contribution in [-0.4, -0.2) is 41.4 Å². The standard InChI is InChI=1S/C24H29N3O2/c1-15-10-16(2)22(17(3)11-15)25-24(29)26-12-20-13-27(18(4)28)23(21(20)14-26)19-8-6-5-7-9-19/h5-11,20-21,23H,12-14H2,1-4H3,(H,25,29)/t20-,21-,23+/m1/s1. The summed E-state index contributed by atoms with van der Waals surface area (Å²) in [6.45, 7) is 9.85. The predicted molar refractivity (Wildman–Crippen MR) is 115 cm³/mol. The molecule has 29 heavy (non-hydrogen) atoms. The molecule has 0 spiro atoms. The summed E-state index contributed by atoms with van der Waals surface area (Å²) in [5.74, 6) is 0.692. The lowest BCUT2D eigenvalue weighted by Crippen LogP contribution is -2.38. The molecule has 0 saturated carbocycles. The van der Waals surface area contributed by atoms with Crippen LogP contribution in [0.2, 0.25) is 0 Å². The number of nitrogens with zero attached hydrogens (tertiary/aromatic N) is 2. The van der Waals surface area contributed by atoms with Crippen molar-refractivity contribution in [3.8, 4) is 0 Å². The van der Waals surface area contributed by atoms with Gasteiger partial charge in [0.2, 0.25) is 5.91 Å². The molecule has 3 atom stereocenters. The number of urea groups is 1. The molecule has 0 radical (unpaired) electrons. The summed E-state index contributed by atoms with van der Waals surface area (Å²) in [5, 5.41) is 3.13. The number of rotatable bonds is 2. The summed E-state index contributed by atoms with van der Waals surface area (Å²) >= 11 is 0. The van der Waals surface area contributed by atoms with Crippen LogP contribution in [0.25, 0.3) is 0 Å². The molecule has 5 nitrogen and oxygen atoms in total. The predicted octanol–water partition coefficient (Wildman–Crippen LogP) is 4.30. The van der Waals surface area contributed by atoms with Crippen molar-refractivity contribution < 1.29 is 9.59 Å². The Labute approximate surface area is 172 Å². The summed E-state index contributed by atoms with van der Waals surface area (Å²) in [6, 6.07) is 14.4. The van der Waals surface area contributed by atoms with Crippen molar-refractivity contribution in [1.29, 1.82) is 0 Å². The van der Waals surface area contributed by atoms with Gasteiger partial charge in [0, 0.05) is 44.1 Å². The van der Waals surface area contributed by atoms with Crippen LogP contribution in [-0.2, 0) is 4.79 Å². The molecule has 2 heterocycles. The van der Waals surface area contributed by atoms with E-state index >= 15 is 0 Å². The van der Waals surface area contributed by atoms with Crippen LogP contribution in [0, 0.1) is 32.6 Å². The summed E-state index contributed by atoms with van der Waals surface area (Å²) in [7, 11) is 0. The normalized spacial score (nSPS) is 23.2. The van der Waals surface area contributed by atoms with Crippen molar-refractivity contribution in [1.82, 2.24) is 9.80 Å². The highest BCUT2D eigenvalue weighted by Gasteiger charge is 2.49. The summed E-state index contributed by atoms with van der Waals surface area (Å²) < 4.78 is 0. The zero-order chi connectivity index (χ0) is 20.7. The van der Waals surface area contributed by atoms with Gasteiger partial charge in [-0.3, -0.25) is 4.79 Å². The number of likely N-dealkylation sites (tertiary alicyclic amines) is 2. The lowest BCUT2D eigenvalue weighted by atomic mass is 9.89. The van der Waals surface area contributed by atoms with Gasteiger partial charge in [-0.2, -0.15) is 0 Å². The lowest BCUT2D eigenvalue weighted by molar-refractivity contribution is -0.130. The van der Waals surface area contributed by atoms with Crippen LogP contribution in [0.3, 0.4) is 0 Å². The van der Waals surface area contributed by atoms with Gasteiger partial charge in [0.15, 0.2) is 0 Å². The van der Waals surface area contributed by atoms with Crippen LogP contribution < -0.4 is 5.32 Å². The second-order valence-electron chi connectivity index (χ2n) is 8.56. The maximum atomic E-state index is 13.0. The molecule has 2 fully saturated rings. The number of benzene rings is 2. The number of aryl methyl sites for hydroxylation is 3. The minimum Gasteiger partial charge on any atom is -0.335 e. The van der Waals surface area contributed by atoms with Gasteiger partial charge < -0.3 is 15.1 Å². The quantitative estimate of drug-likeness (QED) is 0.830. The molecule has 0 unspecified atom stereocenters. The topological polar surface area (TPSA) is 52.7 Å². The first-order valence-electron chi connectivity index (χ1n) is 10.3. The third-order valence-corrected chi connectivity index (χ3v) is 6.41. The van der Waals surface area contributed by atoms with Crippen LogP contribution in [0.1, 0.15) is 35.2 Å². The number of nitrogens with one attached hydrogen (secondary N) is 1. The van der Waals surface area contributed by atoms with Gasteiger partial charge in [0.1, 0.15) is 0 Å². The van der Waals surface area contributed by atoms with E-state index in [0.717, 1.165) is 22.4 Å². The van der Waals surface area contributed by atoms with Crippen molar-refractivity contribution in [2.45, 2.75) is 33.7 Å². The Hall–Kier alpha value is -2.82. The molecule has 3 amide bonds. The minimum absolute atomic E-state index is 0.0411. The van der Waals surface area contributed by atoms with Crippen LogP contribution in [0.15, 0.2) is 42.5 Å². The van der Waals surface area contributed by atoms with Gasteiger partial charge in [-0.1, -0.05) is 48.0 Å². The molecule has 0 aliphatic carbocycles. The number of carbonyl (C=O) groups is 2. The van der Waals surface area contributed by atoms with Crippen molar-refractivity contribution in [2.75, 3.05) is 25.0 Å². The third kappa shape index (κ3) is 3.61. The zero-order valence-electron chi connectivity index (χ0n) is 17.6. The average Bonchev–Trinajstić information content (AvgIpc) is 3.23. The zero-order valence-corrected chi connectivity index (χ0v) is 17.6. The molecule has 1 N–H and O–H groups in total. The average molecular weight is 392 g/mol. The molecule has 0 bridgehead atoms. The Morgan fingerprint density at radius 2 is 1.62 bits per heavy atom. The fourth-order valence-electron chi connectivity index (χ4n) is 5.18. The van der Waals surface area contributed by atoms with Crippen molar-refractivity contribution in [3.63, 3.8) is 0 Å². The molecule has 5 heteroatoms. The number of carbonyl (C=O) groups excluding carboxylic acids is 2. The molecular weight excluding hydrogens is 362 g/mol. The highest BCUT2D eigenvalue weighted by Crippen LogP contribution is 2.45. The second-order valence-corrected chi connectivity index (χ2v) is 8.56. The smallest absolute Gasteiger partial charge is 0.321 e. The van der Waals surface area contributed by atoms with Crippen LogP contribution >= 0.6 is 0 Å². The lowest BCUT2D eigenvalue weighted by Gasteiger charge is -2.29. The highest BCUT2D eigenvalue weighted by atomic mass is 16.2. The minimum atomic E-state index is -0.0457. The maximum Gasteiger partial charge on any atom is 0.321 e. The first-order chi connectivity index (χ1) is 13.8. The van der Waals surface area contributed by atoms with Crippen molar-refractivity contribution in [2.24, 2.45) is 11.8 Å². The first kappa shape index (κ1) is 19.5. The monoisotopic (exact) mass is 391 g/mol. The van der Waals surface area contributed by atoms with Gasteiger partial charge in [-0.25, -0.2) is 4.79 Å². The molecule has 2 aromatic rings. The summed E-state index contributed by atoms with van der Waals surface area (Å²) in [5.41, 5.74) is 5.43. The molecule has 2 aliphatic rings. The number of hydrogen-bond donors (Lipinski definition) is 1. The van der Waals surface area contributed by atoms with E-state index in [1.54, 1.807) is 6.92 Å². The van der Waals surface area contributed by atoms with E-state index in [1.165, 1.54) is 5.56 Å². The fraction of sp³-hybridized carbons (Fsp3) is 0.417. The largest absolute Gasteiger partial charge is 0.335 e. The van der Waals surface area contributed by atoms with E-state index in [0.29, 0.717) is 25.6 Å². The highest BCUT2D eigenvalue weighted by molar-refractivity contribution is 5.91. The number of hydrogen-bond acceptors (Lipinski definition) is 2. The first-order valence-corrected chi connectivity index (χ1v) is 10.3. The van der Waals surface area contributed by atoms with Gasteiger partial charge >= 0.3 is 6.03 Å². The molecule has 0 aromatic heterocycles. The summed E-state index contributed by atoms with van der Waals surface area (Å²) in [4.78, 5) is 29.2. The maximum absolute atomic E-state index is 13.0. The van der Waals surface area contributed by atoms with E-state index in [4.69, 9.17) is 0 Å². The Morgan fingerprint density at radius 1 is 0.966 bits per heavy atom. The molecule has 2 aliphatic heterocycles. The number of anilines is 1. The second kappa shape index (κ2) is 7.54. The van der Waals surface area contributed by atoms with Gasteiger partial charge in [-0.15, -0.1) is 0 Å². The van der Waals surface area contributed by atoms with Crippen molar-refractivity contribution >= 4 is 17.6 Å². The fourth-order valence-corrected chi connectivity index (χ4v) is 5.18. The van der Waals surface area contributed by atoms with Gasteiger partial charge in [0.05, 0.1) is 6.04 Å². The van der Waals surface area contributed by atoms with E-state index in [1.807, 2.05) is 41.8 Å². The Balaban J connectivity index is 1.53. The number of amides is 3. The van der Waals surface area contributed by atoms with Gasteiger partial charge in [0.25, 0.3) is 0 Å². The van der Waals surface area contributed by atoms with E-state index in [2.05, 4.69) is 36.5 Å². The van der Waals surface area contributed by atoms with E-state index < -0.39 is 0 Å². The van der Waals surface area contributed by atoms with Gasteiger partial charge in [-0.05, 0) is 37.5 Å². The molecule has 2 aromatic carbocycles. The molecule has 4 rings (SSSR count). The Morgan fingerprint density at radius 3 is 2.24 bits per heavy atom.